The first-order chi connectivity index (χ1) is 7.86. The Morgan fingerprint density at radius 1 is 1.00 bits per heavy atom. The van der Waals surface area contributed by atoms with Crippen LogP contribution in [0.5, 0.6) is 0 Å². The molecule has 0 amide bonds. The molecule has 2 aromatic rings. The fraction of sp³-hybridized carbons (Fsp3) is 0. The van der Waals surface area contributed by atoms with Gasteiger partial charge in [-0.15, -0.1) is 0 Å². The molecule has 2 rings (SSSR count). The number of rotatable bonds is 3. The Kier molecular flexibility index (Phi) is 3.24. The second-order valence-electron chi connectivity index (χ2n) is 3.32. The Bertz CT molecular complexity index is 489. The maximum Gasteiger partial charge on any atom is 0.185 e. The first kappa shape index (κ1) is 10.3. The lowest BCUT2D eigenvalue weighted by Gasteiger charge is -1.94. The van der Waals surface area contributed by atoms with Gasteiger partial charge in [0.1, 0.15) is 0 Å². The monoisotopic (exact) mass is 209 g/mol. The molecule has 0 aliphatic carbocycles. The van der Waals surface area contributed by atoms with E-state index in [1.165, 1.54) is 6.08 Å². The van der Waals surface area contributed by atoms with Crippen molar-refractivity contribution in [2.75, 3.05) is 0 Å². The van der Waals surface area contributed by atoms with E-state index in [1.54, 1.807) is 24.4 Å². The van der Waals surface area contributed by atoms with Crippen LogP contribution < -0.4 is 0 Å². The fourth-order valence-corrected chi connectivity index (χ4v) is 1.33. The highest BCUT2D eigenvalue weighted by atomic mass is 16.1. The normalized spacial score (nSPS) is 10.5. The van der Waals surface area contributed by atoms with E-state index in [2.05, 4.69) is 4.98 Å². The van der Waals surface area contributed by atoms with Gasteiger partial charge in [-0.1, -0.05) is 36.4 Å². The average molecular weight is 209 g/mol. The maximum atomic E-state index is 11.7. The Balaban J connectivity index is 2.12. The summed E-state index contributed by atoms with van der Waals surface area (Å²) in [7, 11) is 0. The number of nitrogens with zero attached hydrogens (tertiary/aromatic N) is 1. The maximum absolute atomic E-state index is 11.7. The van der Waals surface area contributed by atoms with Gasteiger partial charge in [-0.25, -0.2) is 0 Å². The summed E-state index contributed by atoms with van der Waals surface area (Å²) in [6.45, 7) is 0. The molecule has 0 radical (unpaired) electrons. The number of ketones is 1. The zero-order valence-corrected chi connectivity index (χ0v) is 8.71. The van der Waals surface area contributed by atoms with Crippen LogP contribution >= 0.6 is 0 Å². The van der Waals surface area contributed by atoms with Gasteiger partial charge in [-0.3, -0.25) is 9.78 Å². The fourth-order valence-electron chi connectivity index (χ4n) is 1.33. The molecule has 0 spiro atoms. The zero-order valence-electron chi connectivity index (χ0n) is 8.71. The minimum absolute atomic E-state index is 0.00810. The van der Waals surface area contributed by atoms with Gasteiger partial charge >= 0.3 is 0 Å². The second-order valence-corrected chi connectivity index (χ2v) is 3.32. The smallest absolute Gasteiger partial charge is 0.185 e. The first-order valence-electron chi connectivity index (χ1n) is 5.05. The topological polar surface area (TPSA) is 30.0 Å². The van der Waals surface area contributed by atoms with Crippen molar-refractivity contribution in [2.45, 2.75) is 0 Å². The Morgan fingerprint density at radius 3 is 2.44 bits per heavy atom. The predicted molar refractivity (Wildman–Crippen MR) is 64.0 cm³/mol. The molecule has 1 heterocycles. The van der Waals surface area contributed by atoms with E-state index in [4.69, 9.17) is 0 Å². The molecule has 2 heteroatoms. The molecule has 0 saturated heterocycles. The molecule has 78 valence electrons. The Hall–Kier alpha value is -2.22. The number of hydrogen-bond acceptors (Lipinski definition) is 2. The van der Waals surface area contributed by atoms with Crippen molar-refractivity contribution in [3.63, 3.8) is 0 Å². The van der Waals surface area contributed by atoms with Crippen LogP contribution in [0, 0.1) is 0 Å². The van der Waals surface area contributed by atoms with Crippen LogP contribution in [0.3, 0.4) is 0 Å². The largest absolute Gasteiger partial charge is 0.289 e. The van der Waals surface area contributed by atoms with E-state index in [0.29, 0.717) is 5.56 Å². The molecule has 0 N–H and O–H groups in total. The van der Waals surface area contributed by atoms with Crippen molar-refractivity contribution in [1.82, 2.24) is 4.98 Å². The minimum atomic E-state index is -0.00810. The van der Waals surface area contributed by atoms with E-state index in [0.717, 1.165) is 5.69 Å². The van der Waals surface area contributed by atoms with Crippen LogP contribution in [0.1, 0.15) is 16.1 Å². The third-order valence-electron chi connectivity index (χ3n) is 2.15. The van der Waals surface area contributed by atoms with Crippen LogP contribution in [0.25, 0.3) is 6.08 Å². The molecule has 1 aromatic heterocycles. The minimum Gasteiger partial charge on any atom is -0.289 e. The van der Waals surface area contributed by atoms with E-state index in [1.807, 2.05) is 36.4 Å². The SMILES string of the molecule is O=C(/C=C/c1ccccn1)c1ccccc1. The Labute approximate surface area is 94.3 Å². The average Bonchev–Trinajstić information content (AvgIpc) is 2.38. The molecule has 2 nitrogen and oxygen atoms in total. The number of hydrogen-bond donors (Lipinski definition) is 0. The van der Waals surface area contributed by atoms with Crippen molar-refractivity contribution in [1.29, 1.82) is 0 Å². The van der Waals surface area contributed by atoms with Gasteiger partial charge in [0.15, 0.2) is 5.78 Å². The van der Waals surface area contributed by atoms with Crippen LogP contribution in [-0.2, 0) is 0 Å². The number of carbonyl (C=O) groups excluding carboxylic acids is 1. The summed E-state index contributed by atoms with van der Waals surface area (Å²) in [6.07, 6.45) is 4.96. The van der Waals surface area contributed by atoms with Crippen molar-refractivity contribution in [3.8, 4) is 0 Å². The number of benzene rings is 1. The summed E-state index contributed by atoms with van der Waals surface area (Å²) >= 11 is 0. The lowest BCUT2D eigenvalue weighted by Crippen LogP contribution is -1.92. The van der Waals surface area contributed by atoms with Gasteiger partial charge in [0.2, 0.25) is 0 Å². The summed E-state index contributed by atoms with van der Waals surface area (Å²) in [5, 5.41) is 0. The molecule has 1 aromatic carbocycles. The van der Waals surface area contributed by atoms with E-state index in [-0.39, 0.29) is 5.78 Å². The molecule has 16 heavy (non-hydrogen) atoms. The Morgan fingerprint density at radius 2 is 1.75 bits per heavy atom. The third-order valence-corrected chi connectivity index (χ3v) is 2.15. The quantitative estimate of drug-likeness (QED) is 0.574. The number of aromatic nitrogens is 1. The molecule has 0 aliphatic heterocycles. The summed E-state index contributed by atoms with van der Waals surface area (Å²) in [5.74, 6) is -0.00810. The van der Waals surface area contributed by atoms with Crippen LogP contribution in [-0.4, -0.2) is 10.8 Å². The van der Waals surface area contributed by atoms with Crippen LogP contribution in [0.4, 0.5) is 0 Å². The zero-order chi connectivity index (χ0) is 11.2. The number of allylic oxidation sites excluding steroid dienone is 1. The molecular weight excluding hydrogens is 198 g/mol. The van der Waals surface area contributed by atoms with Gasteiger partial charge in [-0.2, -0.15) is 0 Å². The van der Waals surface area contributed by atoms with E-state index in [9.17, 15) is 4.79 Å². The van der Waals surface area contributed by atoms with Crippen molar-refractivity contribution < 1.29 is 4.79 Å². The third kappa shape index (κ3) is 2.64. The highest BCUT2D eigenvalue weighted by Crippen LogP contribution is 2.03. The van der Waals surface area contributed by atoms with Crippen molar-refractivity contribution >= 4 is 11.9 Å². The first-order valence-corrected chi connectivity index (χ1v) is 5.05. The molecule has 0 atom stereocenters. The number of carbonyl (C=O) groups is 1. The van der Waals surface area contributed by atoms with Gasteiger partial charge in [0, 0.05) is 11.8 Å². The van der Waals surface area contributed by atoms with Gasteiger partial charge < -0.3 is 0 Å². The van der Waals surface area contributed by atoms with Crippen molar-refractivity contribution in [2.24, 2.45) is 0 Å². The second kappa shape index (κ2) is 5.03. The van der Waals surface area contributed by atoms with E-state index >= 15 is 0 Å². The molecular formula is C14H11NO. The molecule has 0 aliphatic rings. The molecule has 0 bridgehead atoms. The van der Waals surface area contributed by atoms with Gasteiger partial charge in [0.05, 0.1) is 5.69 Å². The summed E-state index contributed by atoms with van der Waals surface area (Å²) < 4.78 is 0. The highest BCUT2D eigenvalue weighted by molar-refractivity contribution is 6.06. The lowest BCUT2D eigenvalue weighted by molar-refractivity contribution is 0.104. The highest BCUT2D eigenvalue weighted by Gasteiger charge is 1.98. The summed E-state index contributed by atoms with van der Waals surface area (Å²) in [6, 6.07) is 14.8. The predicted octanol–water partition coefficient (Wildman–Crippen LogP) is 2.98. The standard InChI is InChI=1S/C14H11NO/c16-14(12-6-2-1-3-7-12)10-9-13-8-4-5-11-15-13/h1-11H/b10-9+. The number of pyridine rings is 1. The molecule has 0 unspecified atom stereocenters. The molecule has 0 fully saturated rings. The summed E-state index contributed by atoms with van der Waals surface area (Å²) in [4.78, 5) is 15.8. The van der Waals surface area contributed by atoms with E-state index < -0.39 is 0 Å². The van der Waals surface area contributed by atoms with Gasteiger partial charge in [-0.05, 0) is 24.3 Å². The molecule has 0 saturated carbocycles. The van der Waals surface area contributed by atoms with Gasteiger partial charge in [0.25, 0.3) is 0 Å². The van der Waals surface area contributed by atoms with Crippen LogP contribution in [0.15, 0.2) is 60.8 Å². The summed E-state index contributed by atoms with van der Waals surface area (Å²) in [5.41, 5.74) is 1.47. The van der Waals surface area contributed by atoms with Crippen molar-refractivity contribution in [3.05, 3.63) is 72.1 Å². The lowest BCUT2D eigenvalue weighted by atomic mass is 10.1. The van der Waals surface area contributed by atoms with Crippen LogP contribution in [0.2, 0.25) is 0 Å².